The Morgan fingerprint density at radius 3 is 2.26 bits per heavy atom. The Morgan fingerprint density at radius 1 is 1.21 bits per heavy atom. The van der Waals surface area contributed by atoms with E-state index in [4.69, 9.17) is 0 Å². The molecule has 0 aliphatic heterocycles. The lowest BCUT2D eigenvalue weighted by molar-refractivity contribution is -0.138. The van der Waals surface area contributed by atoms with Crippen molar-refractivity contribution in [3.63, 3.8) is 0 Å². The molecule has 0 aliphatic carbocycles. The molecule has 19 heavy (non-hydrogen) atoms. The number of carboxylic acids is 1. The number of carbonyl (C=O) groups is 2. The fourth-order valence-electron chi connectivity index (χ4n) is 1.79. The average molecular weight is 263 g/mol. The van der Waals surface area contributed by atoms with Gasteiger partial charge in [0, 0.05) is 13.0 Å². The van der Waals surface area contributed by atoms with Gasteiger partial charge in [0.2, 0.25) is 5.91 Å². The molecule has 1 aromatic carbocycles. The molecule has 4 heteroatoms. The maximum Gasteiger partial charge on any atom is 0.312 e. The molecule has 1 atom stereocenters. The van der Waals surface area contributed by atoms with Crippen LogP contribution < -0.4 is 5.32 Å². The SMILES string of the molecule is CC(C)(C)CC(=O)NCC(C(=O)O)c1ccccc1. The first-order valence-corrected chi connectivity index (χ1v) is 6.34. The molecular weight excluding hydrogens is 242 g/mol. The lowest BCUT2D eigenvalue weighted by Gasteiger charge is -2.19. The predicted octanol–water partition coefficient (Wildman–Crippen LogP) is 2.41. The number of amides is 1. The second-order valence-corrected chi connectivity index (χ2v) is 5.84. The molecule has 1 amide bonds. The van der Waals surface area contributed by atoms with Crippen molar-refractivity contribution in [3.8, 4) is 0 Å². The van der Waals surface area contributed by atoms with Gasteiger partial charge in [0.05, 0.1) is 5.92 Å². The molecule has 104 valence electrons. The summed E-state index contributed by atoms with van der Waals surface area (Å²) < 4.78 is 0. The topological polar surface area (TPSA) is 66.4 Å². The summed E-state index contributed by atoms with van der Waals surface area (Å²) in [7, 11) is 0. The van der Waals surface area contributed by atoms with Crippen molar-refractivity contribution in [2.45, 2.75) is 33.1 Å². The summed E-state index contributed by atoms with van der Waals surface area (Å²) in [6.45, 7) is 6.03. The molecule has 1 aromatic rings. The maximum absolute atomic E-state index is 11.7. The highest BCUT2D eigenvalue weighted by Crippen LogP contribution is 2.19. The second-order valence-electron chi connectivity index (χ2n) is 5.84. The smallest absolute Gasteiger partial charge is 0.312 e. The third-order valence-electron chi connectivity index (χ3n) is 2.69. The normalized spacial score (nSPS) is 12.8. The Bertz CT molecular complexity index is 434. The minimum Gasteiger partial charge on any atom is -0.481 e. The zero-order chi connectivity index (χ0) is 14.5. The molecule has 1 rings (SSSR count). The van der Waals surface area contributed by atoms with Gasteiger partial charge in [-0.1, -0.05) is 51.1 Å². The van der Waals surface area contributed by atoms with Gasteiger partial charge >= 0.3 is 5.97 Å². The molecular formula is C15H21NO3. The first-order chi connectivity index (χ1) is 8.79. The zero-order valence-electron chi connectivity index (χ0n) is 11.6. The second kappa shape index (κ2) is 6.36. The predicted molar refractivity (Wildman–Crippen MR) is 73.9 cm³/mol. The molecule has 0 aromatic heterocycles. The van der Waals surface area contributed by atoms with Gasteiger partial charge in [-0.15, -0.1) is 0 Å². The quantitative estimate of drug-likeness (QED) is 0.857. The van der Waals surface area contributed by atoms with E-state index in [0.29, 0.717) is 12.0 Å². The first kappa shape index (κ1) is 15.2. The maximum atomic E-state index is 11.7. The van der Waals surface area contributed by atoms with E-state index < -0.39 is 11.9 Å². The van der Waals surface area contributed by atoms with Crippen molar-refractivity contribution in [1.29, 1.82) is 0 Å². The van der Waals surface area contributed by atoms with Gasteiger partial charge < -0.3 is 10.4 Å². The molecule has 0 saturated heterocycles. The van der Waals surface area contributed by atoms with Crippen LogP contribution in [-0.4, -0.2) is 23.5 Å². The van der Waals surface area contributed by atoms with Gasteiger partial charge in [0.1, 0.15) is 0 Å². The van der Waals surface area contributed by atoms with Gasteiger partial charge in [0.25, 0.3) is 0 Å². The summed E-state index contributed by atoms with van der Waals surface area (Å²) in [6, 6.07) is 8.94. The molecule has 0 radical (unpaired) electrons. The molecule has 0 fully saturated rings. The molecule has 1 unspecified atom stereocenters. The number of hydrogen-bond donors (Lipinski definition) is 2. The fraction of sp³-hybridized carbons (Fsp3) is 0.467. The molecule has 4 nitrogen and oxygen atoms in total. The van der Waals surface area contributed by atoms with Crippen LogP contribution in [0.3, 0.4) is 0 Å². The Kier molecular flexibility index (Phi) is 5.10. The lowest BCUT2D eigenvalue weighted by atomic mass is 9.91. The Hall–Kier alpha value is -1.84. The standard InChI is InChI=1S/C15H21NO3/c1-15(2,3)9-13(17)16-10-12(14(18)19)11-7-5-4-6-8-11/h4-8,12H,9-10H2,1-3H3,(H,16,17)(H,18,19). The average Bonchev–Trinajstić information content (AvgIpc) is 2.27. The van der Waals surface area contributed by atoms with Crippen molar-refractivity contribution in [3.05, 3.63) is 35.9 Å². The number of benzene rings is 1. The largest absolute Gasteiger partial charge is 0.481 e. The number of hydrogen-bond acceptors (Lipinski definition) is 2. The van der Waals surface area contributed by atoms with E-state index in [0.717, 1.165) is 0 Å². The van der Waals surface area contributed by atoms with E-state index in [2.05, 4.69) is 5.32 Å². The van der Waals surface area contributed by atoms with Crippen LogP contribution >= 0.6 is 0 Å². The molecule has 0 aliphatic rings. The summed E-state index contributed by atoms with van der Waals surface area (Å²) in [6.07, 6.45) is 0.383. The van der Waals surface area contributed by atoms with Gasteiger partial charge in [-0.25, -0.2) is 0 Å². The molecule has 2 N–H and O–H groups in total. The van der Waals surface area contributed by atoms with E-state index in [1.165, 1.54) is 0 Å². The highest BCUT2D eigenvalue weighted by atomic mass is 16.4. The summed E-state index contributed by atoms with van der Waals surface area (Å²) >= 11 is 0. The van der Waals surface area contributed by atoms with Gasteiger partial charge in [-0.2, -0.15) is 0 Å². The number of nitrogens with one attached hydrogen (secondary N) is 1. The van der Waals surface area contributed by atoms with Crippen molar-refractivity contribution < 1.29 is 14.7 Å². The zero-order valence-corrected chi connectivity index (χ0v) is 11.6. The summed E-state index contributed by atoms with van der Waals surface area (Å²) in [5, 5.41) is 11.9. The Labute approximate surface area is 113 Å². The van der Waals surface area contributed by atoms with Gasteiger partial charge in [-0.05, 0) is 11.0 Å². The highest BCUT2D eigenvalue weighted by molar-refractivity contribution is 5.80. The molecule has 0 spiro atoms. The van der Waals surface area contributed by atoms with Crippen molar-refractivity contribution >= 4 is 11.9 Å². The molecule has 0 heterocycles. The van der Waals surface area contributed by atoms with Crippen molar-refractivity contribution in [2.75, 3.05) is 6.54 Å². The van der Waals surface area contributed by atoms with Crippen molar-refractivity contribution in [2.24, 2.45) is 5.41 Å². The van der Waals surface area contributed by atoms with Gasteiger partial charge in [0.15, 0.2) is 0 Å². The molecule has 0 bridgehead atoms. The van der Waals surface area contributed by atoms with Crippen LogP contribution in [0.2, 0.25) is 0 Å². The van der Waals surface area contributed by atoms with Crippen molar-refractivity contribution in [1.82, 2.24) is 5.32 Å². The number of carbonyl (C=O) groups excluding carboxylic acids is 1. The third-order valence-corrected chi connectivity index (χ3v) is 2.69. The van der Waals surface area contributed by atoms with Gasteiger partial charge in [-0.3, -0.25) is 9.59 Å². The van der Waals surface area contributed by atoms with E-state index >= 15 is 0 Å². The third kappa shape index (κ3) is 5.55. The van der Waals surface area contributed by atoms with E-state index in [-0.39, 0.29) is 17.9 Å². The number of rotatable bonds is 5. The summed E-state index contributed by atoms with van der Waals surface area (Å²) in [5.74, 6) is -1.75. The number of aliphatic carboxylic acids is 1. The van der Waals surface area contributed by atoms with Crippen LogP contribution in [0.15, 0.2) is 30.3 Å². The monoisotopic (exact) mass is 263 g/mol. The fourth-order valence-corrected chi connectivity index (χ4v) is 1.79. The van der Waals surface area contributed by atoms with E-state index in [1.807, 2.05) is 26.8 Å². The number of carboxylic acid groups (broad SMARTS) is 1. The minimum atomic E-state index is -0.928. The minimum absolute atomic E-state index is 0.102. The summed E-state index contributed by atoms with van der Waals surface area (Å²) in [5.41, 5.74) is 0.598. The van der Waals surface area contributed by atoms with Crippen LogP contribution in [0.4, 0.5) is 0 Å². The Balaban J connectivity index is 2.62. The lowest BCUT2D eigenvalue weighted by Crippen LogP contribution is -2.33. The van der Waals surface area contributed by atoms with Crippen LogP contribution in [0.5, 0.6) is 0 Å². The van der Waals surface area contributed by atoms with E-state index in [1.54, 1.807) is 24.3 Å². The molecule has 0 saturated carbocycles. The van der Waals surface area contributed by atoms with Crippen LogP contribution in [0, 0.1) is 5.41 Å². The van der Waals surface area contributed by atoms with E-state index in [9.17, 15) is 14.7 Å². The van der Waals surface area contributed by atoms with Crippen LogP contribution in [-0.2, 0) is 9.59 Å². The van der Waals surface area contributed by atoms with Crippen LogP contribution in [0.25, 0.3) is 0 Å². The van der Waals surface area contributed by atoms with Crippen LogP contribution in [0.1, 0.15) is 38.7 Å². The highest BCUT2D eigenvalue weighted by Gasteiger charge is 2.22. The Morgan fingerprint density at radius 2 is 1.79 bits per heavy atom. The summed E-state index contributed by atoms with van der Waals surface area (Å²) in [4.78, 5) is 23.0. The first-order valence-electron chi connectivity index (χ1n) is 6.34.